The van der Waals surface area contributed by atoms with Crippen LogP contribution in [0.2, 0.25) is 0 Å². The first kappa shape index (κ1) is 19.1. The minimum atomic E-state index is 0.588. The third-order valence-corrected chi connectivity index (χ3v) is 4.23. The smallest absolute Gasteiger partial charge is 0.122 e. The van der Waals surface area contributed by atoms with Crippen molar-refractivity contribution in [1.29, 1.82) is 0 Å². The Kier molecular flexibility index (Phi) is 7.12. The number of hydrogen-bond acceptors (Lipinski definition) is 2. The van der Waals surface area contributed by atoms with Crippen LogP contribution in [0.5, 0.6) is 5.75 Å². The molecule has 0 unspecified atom stereocenters. The Labute approximate surface area is 152 Å². The second kappa shape index (κ2) is 9.31. The van der Waals surface area contributed by atoms with E-state index in [1.54, 1.807) is 0 Å². The fourth-order valence-corrected chi connectivity index (χ4v) is 2.85. The van der Waals surface area contributed by atoms with Crippen LogP contribution in [0.25, 0.3) is 5.57 Å². The van der Waals surface area contributed by atoms with Crippen molar-refractivity contribution in [3.8, 4) is 5.75 Å². The molecule has 0 atom stereocenters. The average molecular weight is 338 g/mol. The molecule has 0 bridgehead atoms. The summed E-state index contributed by atoms with van der Waals surface area (Å²) in [5, 5.41) is 3.46. The molecule has 0 saturated heterocycles. The molecule has 0 aliphatic carbocycles. The molecular formula is C23H31NO. The van der Waals surface area contributed by atoms with Gasteiger partial charge >= 0.3 is 0 Å². The van der Waals surface area contributed by atoms with Gasteiger partial charge in [0.2, 0.25) is 0 Å². The van der Waals surface area contributed by atoms with E-state index in [1.807, 2.05) is 0 Å². The Morgan fingerprint density at radius 1 is 1.16 bits per heavy atom. The first-order valence-corrected chi connectivity index (χ1v) is 9.23. The van der Waals surface area contributed by atoms with Gasteiger partial charge in [-0.25, -0.2) is 0 Å². The number of nitrogens with one attached hydrogen (secondary N) is 1. The van der Waals surface area contributed by atoms with Gasteiger partial charge in [0, 0.05) is 12.2 Å². The van der Waals surface area contributed by atoms with Gasteiger partial charge in [0.15, 0.2) is 0 Å². The molecule has 0 fully saturated rings. The van der Waals surface area contributed by atoms with Crippen molar-refractivity contribution < 1.29 is 4.74 Å². The molecule has 0 saturated carbocycles. The lowest BCUT2D eigenvalue weighted by atomic mass is 10.0. The molecule has 0 aromatic heterocycles. The van der Waals surface area contributed by atoms with Crippen LogP contribution in [0.15, 0.2) is 48.5 Å². The molecule has 2 aromatic rings. The van der Waals surface area contributed by atoms with Crippen LogP contribution in [0.4, 0.5) is 5.69 Å². The van der Waals surface area contributed by atoms with Crippen LogP contribution in [-0.2, 0) is 6.61 Å². The van der Waals surface area contributed by atoms with Crippen molar-refractivity contribution in [2.75, 3.05) is 11.9 Å². The number of anilines is 1. The van der Waals surface area contributed by atoms with Crippen LogP contribution < -0.4 is 10.1 Å². The summed E-state index contributed by atoms with van der Waals surface area (Å²) < 4.78 is 6.12. The van der Waals surface area contributed by atoms with Gasteiger partial charge in [-0.1, -0.05) is 51.1 Å². The van der Waals surface area contributed by atoms with Crippen molar-refractivity contribution in [1.82, 2.24) is 0 Å². The maximum atomic E-state index is 6.12. The number of hydrogen-bond donors (Lipinski definition) is 1. The molecule has 0 spiro atoms. The highest BCUT2D eigenvalue weighted by Gasteiger charge is 2.07. The Bertz CT molecular complexity index is 716. The van der Waals surface area contributed by atoms with Gasteiger partial charge in [-0.15, -0.1) is 0 Å². The van der Waals surface area contributed by atoms with E-state index in [4.69, 9.17) is 4.74 Å². The first-order valence-electron chi connectivity index (χ1n) is 9.23. The van der Waals surface area contributed by atoms with Gasteiger partial charge in [-0.2, -0.15) is 0 Å². The summed E-state index contributed by atoms with van der Waals surface area (Å²) in [5.41, 5.74) is 6.13. The molecule has 2 nitrogen and oxygen atoms in total. The number of ether oxygens (including phenoxy) is 1. The van der Waals surface area contributed by atoms with Crippen LogP contribution in [0.3, 0.4) is 0 Å². The highest BCUT2D eigenvalue weighted by Crippen LogP contribution is 2.25. The second-order valence-corrected chi connectivity index (χ2v) is 7.00. The SMILES string of the molecule is CC/C=C(/C)c1ccccc1COc1ccc(NCC(C)C)cc1C. The largest absolute Gasteiger partial charge is 0.489 e. The van der Waals surface area contributed by atoms with Gasteiger partial charge in [0.05, 0.1) is 0 Å². The molecule has 2 heteroatoms. The Morgan fingerprint density at radius 3 is 2.60 bits per heavy atom. The van der Waals surface area contributed by atoms with E-state index < -0.39 is 0 Å². The minimum Gasteiger partial charge on any atom is -0.489 e. The predicted molar refractivity (Wildman–Crippen MR) is 109 cm³/mol. The molecule has 0 amide bonds. The van der Waals surface area contributed by atoms with Gasteiger partial charge in [0.1, 0.15) is 12.4 Å². The predicted octanol–water partition coefficient (Wildman–Crippen LogP) is 6.46. The van der Waals surface area contributed by atoms with Crippen molar-refractivity contribution in [3.63, 3.8) is 0 Å². The van der Waals surface area contributed by atoms with E-state index in [0.29, 0.717) is 12.5 Å². The fourth-order valence-electron chi connectivity index (χ4n) is 2.85. The zero-order valence-corrected chi connectivity index (χ0v) is 16.2. The van der Waals surface area contributed by atoms with Crippen LogP contribution in [0.1, 0.15) is 50.8 Å². The molecule has 0 aliphatic heterocycles. The molecule has 0 heterocycles. The third kappa shape index (κ3) is 5.67. The topological polar surface area (TPSA) is 21.3 Å². The van der Waals surface area contributed by atoms with Crippen LogP contribution in [0, 0.1) is 12.8 Å². The van der Waals surface area contributed by atoms with Crippen molar-refractivity contribution >= 4 is 11.3 Å². The lowest BCUT2D eigenvalue weighted by Crippen LogP contribution is -2.08. The second-order valence-electron chi connectivity index (χ2n) is 7.00. The lowest BCUT2D eigenvalue weighted by molar-refractivity contribution is 0.304. The quantitative estimate of drug-likeness (QED) is 0.597. The Morgan fingerprint density at radius 2 is 1.92 bits per heavy atom. The first-order chi connectivity index (χ1) is 12.0. The molecule has 134 valence electrons. The van der Waals surface area contributed by atoms with Gasteiger partial charge in [-0.3, -0.25) is 0 Å². The number of rotatable bonds is 8. The Balaban J connectivity index is 2.08. The average Bonchev–Trinajstić information content (AvgIpc) is 2.59. The highest BCUT2D eigenvalue weighted by molar-refractivity contribution is 5.66. The molecule has 2 aromatic carbocycles. The molecular weight excluding hydrogens is 306 g/mol. The van der Waals surface area contributed by atoms with Crippen molar-refractivity contribution in [2.45, 2.75) is 47.6 Å². The summed E-state index contributed by atoms with van der Waals surface area (Å²) >= 11 is 0. The lowest BCUT2D eigenvalue weighted by Gasteiger charge is -2.15. The standard InChI is InChI=1S/C23H31NO/c1-6-9-18(4)22-11-8-7-10-20(22)16-25-23-13-12-21(14-19(23)5)24-15-17(2)3/h7-14,17,24H,6,15-16H2,1-5H3/b18-9-. The van der Waals surface area contributed by atoms with E-state index in [9.17, 15) is 0 Å². The summed E-state index contributed by atoms with van der Waals surface area (Å²) in [5.74, 6) is 1.58. The van der Waals surface area contributed by atoms with Gasteiger partial charge in [0.25, 0.3) is 0 Å². The summed E-state index contributed by atoms with van der Waals surface area (Å²) in [6, 6.07) is 14.8. The molecule has 2 rings (SSSR count). The zero-order valence-electron chi connectivity index (χ0n) is 16.2. The number of aryl methyl sites for hydroxylation is 1. The van der Waals surface area contributed by atoms with E-state index in [1.165, 1.54) is 16.7 Å². The minimum absolute atomic E-state index is 0.588. The summed E-state index contributed by atoms with van der Waals surface area (Å²) in [7, 11) is 0. The molecule has 0 radical (unpaired) electrons. The number of allylic oxidation sites excluding steroid dienone is 2. The summed E-state index contributed by atoms with van der Waals surface area (Å²) in [6.07, 6.45) is 3.31. The highest BCUT2D eigenvalue weighted by atomic mass is 16.5. The maximum absolute atomic E-state index is 6.12. The normalized spacial score (nSPS) is 11.7. The zero-order chi connectivity index (χ0) is 18.2. The van der Waals surface area contributed by atoms with Crippen LogP contribution in [-0.4, -0.2) is 6.54 Å². The fraction of sp³-hybridized carbons (Fsp3) is 0.391. The van der Waals surface area contributed by atoms with Crippen molar-refractivity contribution in [3.05, 3.63) is 65.2 Å². The summed E-state index contributed by atoms with van der Waals surface area (Å²) in [6.45, 7) is 12.4. The van der Waals surface area contributed by atoms with E-state index >= 15 is 0 Å². The van der Waals surface area contributed by atoms with Crippen molar-refractivity contribution in [2.24, 2.45) is 5.92 Å². The molecule has 1 N–H and O–H groups in total. The van der Waals surface area contributed by atoms with E-state index in [0.717, 1.165) is 30.0 Å². The van der Waals surface area contributed by atoms with Gasteiger partial charge < -0.3 is 10.1 Å². The molecule has 0 aliphatic rings. The Hall–Kier alpha value is -2.22. The van der Waals surface area contributed by atoms with E-state index in [-0.39, 0.29) is 0 Å². The maximum Gasteiger partial charge on any atom is 0.122 e. The van der Waals surface area contributed by atoms with Crippen LogP contribution >= 0.6 is 0 Å². The van der Waals surface area contributed by atoms with E-state index in [2.05, 4.69) is 88.5 Å². The van der Waals surface area contributed by atoms with Gasteiger partial charge in [-0.05, 0) is 66.6 Å². The monoisotopic (exact) mass is 337 g/mol. The third-order valence-electron chi connectivity index (χ3n) is 4.23. The number of benzene rings is 2. The summed E-state index contributed by atoms with van der Waals surface area (Å²) in [4.78, 5) is 0. The molecule has 25 heavy (non-hydrogen) atoms.